The maximum absolute atomic E-state index is 12.9. The van der Waals surface area contributed by atoms with Crippen molar-refractivity contribution in [2.45, 2.75) is 0 Å². The Balaban J connectivity index is 2.15. The van der Waals surface area contributed by atoms with Crippen LogP contribution in [0.2, 0.25) is 5.28 Å². The number of anilines is 1. The number of nitro groups is 1. The van der Waals surface area contributed by atoms with Crippen LogP contribution in [-0.2, 0) is 0 Å². The van der Waals surface area contributed by atoms with Gasteiger partial charge in [-0.1, -0.05) is 0 Å². The minimum Gasteiger partial charge on any atom is -0.322 e. The van der Waals surface area contributed by atoms with Crippen LogP contribution in [0, 0.1) is 15.9 Å². The fourth-order valence-electron chi connectivity index (χ4n) is 2.21. The first-order chi connectivity index (χ1) is 11.8. The third-order valence-electron chi connectivity index (χ3n) is 3.32. The van der Waals surface area contributed by atoms with E-state index in [0.717, 1.165) is 24.3 Å². The summed E-state index contributed by atoms with van der Waals surface area (Å²) in [5, 5.41) is 13.1. The van der Waals surface area contributed by atoms with Crippen molar-refractivity contribution in [3.05, 3.63) is 73.5 Å². The summed E-state index contributed by atoms with van der Waals surface area (Å²) in [5.41, 5.74) is -1.19. The fraction of sp³-hybridized carbons (Fsp3) is 0. The second kappa shape index (κ2) is 6.29. The Hall–Kier alpha value is -3.33. The van der Waals surface area contributed by atoms with Crippen LogP contribution >= 0.6 is 11.6 Å². The normalized spacial score (nSPS) is 10.6. The quantitative estimate of drug-likeness (QED) is 0.422. The number of H-pyrrole nitrogens is 1. The molecule has 2 N–H and O–H groups in total. The molecule has 0 spiro atoms. The highest BCUT2D eigenvalue weighted by Crippen LogP contribution is 2.23. The standard InChI is InChI=1S/C15H8ClFN4O4/c16-15-19-12-10(13(22)18-8-3-1-7(17)2-4-8)5-9(21(24)25)6-11(12)14(23)20-15/h1-6H,(H,18,22)(H,19,20,23). The van der Waals surface area contributed by atoms with Gasteiger partial charge >= 0.3 is 0 Å². The molecule has 10 heteroatoms. The van der Waals surface area contributed by atoms with Gasteiger partial charge in [0.05, 0.1) is 21.4 Å². The van der Waals surface area contributed by atoms with Crippen LogP contribution in [0.4, 0.5) is 15.8 Å². The van der Waals surface area contributed by atoms with Gasteiger partial charge in [0.2, 0.25) is 5.28 Å². The number of benzene rings is 2. The van der Waals surface area contributed by atoms with Crippen molar-refractivity contribution in [2.24, 2.45) is 0 Å². The molecule has 0 aliphatic rings. The van der Waals surface area contributed by atoms with E-state index in [1.54, 1.807) is 0 Å². The number of nitrogens with one attached hydrogen (secondary N) is 2. The third-order valence-corrected chi connectivity index (χ3v) is 3.50. The van der Waals surface area contributed by atoms with Crippen LogP contribution in [0.1, 0.15) is 10.4 Å². The number of non-ortho nitro benzene ring substituents is 1. The molecule has 0 saturated heterocycles. The van der Waals surface area contributed by atoms with Crippen LogP contribution in [0.25, 0.3) is 10.9 Å². The lowest BCUT2D eigenvalue weighted by Crippen LogP contribution is -2.16. The van der Waals surface area contributed by atoms with Crippen LogP contribution in [0.5, 0.6) is 0 Å². The van der Waals surface area contributed by atoms with E-state index in [9.17, 15) is 24.1 Å². The molecule has 1 aromatic heterocycles. The van der Waals surface area contributed by atoms with E-state index >= 15 is 0 Å². The zero-order valence-corrected chi connectivity index (χ0v) is 13.0. The van der Waals surface area contributed by atoms with Crippen molar-refractivity contribution < 1.29 is 14.1 Å². The van der Waals surface area contributed by atoms with Crippen molar-refractivity contribution in [1.29, 1.82) is 0 Å². The molecule has 8 nitrogen and oxygen atoms in total. The summed E-state index contributed by atoms with van der Waals surface area (Å²) in [6.07, 6.45) is 0. The van der Waals surface area contributed by atoms with Gasteiger partial charge in [0.1, 0.15) is 5.82 Å². The molecule has 0 unspecified atom stereocenters. The molecule has 0 fully saturated rings. The van der Waals surface area contributed by atoms with Crippen LogP contribution in [0.15, 0.2) is 41.2 Å². The average Bonchev–Trinajstić information content (AvgIpc) is 2.56. The molecule has 0 bridgehead atoms. The maximum Gasteiger partial charge on any atom is 0.271 e. The number of nitro benzene ring substituents is 1. The molecule has 2 aromatic carbocycles. The van der Waals surface area contributed by atoms with Crippen molar-refractivity contribution in [3.63, 3.8) is 0 Å². The van der Waals surface area contributed by atoms with Crippen molar-refractivity contribution in [1.82, 2.24) is 9.97 Å². The summed E-state index contributed by atoms with van der Waals surface area (Å²) in [6, 6.07) is 6.91. The molecule has 0 saturated carbocycles. The Morgan fingerprint density at radius 3 is 2.60 bits per heavy atom. The minimum atomic E-state index is -0.755. The van der Waals surface area contributed by atoms with E-state index in [1.807, 2.05) is 0 Å². The van der Waals surface area contributed by atoms with Gasteiger partial charge in [0, 0.05) is 17.8 Å². The van der Waals surface area contributed by atoms with Crippen molar-refractivity contribution >= 4 is 39.8 Å². The van der Waals surface area contributed by atoms with E-state index < -0.39 is 27.9 Å². The van der Waals surface area contributed by atoms with Gasteiger partial charge in [-0.05, 0) is 35.9 Å². The number of hydrogen-bond donors (Lipinski definition) is 2. The molecule has 3 aromatic rings. The second-order valence-corrected chi connectivity index (χ2v) is 5.32. The molecule has 0 aliphatic heterocycles. The highest BCUT2D eigenvalue weighted by Gasteiger charge is 2.20. The Morgan fingerprint density at radius 1 is 1.28 bits per heavy atom. The average molecular weight is 363 g/mol. The number of aromatic nitrogens is 2. The number of carbonyl (C=O) groups excluding carboxylic acids is 1. The number of aromatic amines is 1. The van der Waals surface area contributed by atoms with Gasteiger partial charge < -0.3 is 5.32 Å². The lowest BCUT2D eigenvalue weighted by atomic mass is 10.1. The lowest BCUT2D eigenvalue weighted by molar-refractivity contribution is -0.384. The minimum absolute atomic E-state index is 0.0843. The highest BCUT2D eigenvalue weighted by atomic mass is 35.5. The Morgan fingerprint density at radius 2 is 1.96 bits per heavy atom. The van der Waals surface area contributed by atoms with Gasteiger partial charge in [-0.2, -0.15) is 0 Å². The molecule has 0 aliphatic carbocycles. The Labute approximate surface area is 143 Å². The molecule has 1 amide bonds. The predicted molar refractivity (Wildman–Crippen MR) is 88.4 cm³/mol. The summed E-state index contributed by atoms with van der Waals surface area (Å²) >= 11 is 5.71. The third kappa shape index (κ3) is 3.31. The van der Waals surface area contributed by atoms with Crippen LogP contribution in [-0.4, -0.2) is 20.8 Å². The van der Waals surface area contributed by atoms with Crippen molar-refractivity contribution in [3.8, 4) is 0 Å². The molecular formula is C15H8ClFN4O4. The van der Waals surface area contributed by atoms with Crippen molar-refractivity contribution in [2.75, 3.05) is 5.32 Å². The molecule has 126 valence electrons. The first-order valence-corrected chi connectivity index (χ1v) is 7.18. The van der Waals surface area contributed by atoms with E-state index in [-0.39, 0.29) is 27.4 Å². The molecule has 0 atom stereocenters. The summed E-state index contributed by atoms with van der Waals surface area (Å²) in [7, 11) is 0. The number of rotatable bonds is 3. The molecule has 25 heavy (non-hydrogen) atoms. The summed E-state index contributed by atoms with van der Waals surface area (Å²) in [4.78, 5) is 40.9. The summed E-state index contributed by atoms with van der Waals surface area (Å²) < 4.78 is 12.9. The lowest BCUT2D eigenvalue weighted by Gasteiger charge is -2.08. The van der Waals surface area contributed by atoms with Gasteiger partial charge in [-0.3, -0.25) is 24.7 Å². The van der Waals surface area contributed by atoms with Gasteiger partial charge in [0.15, 0.2) is 0 Å². The topological polar surface area (TPSA) is 118 Å². The van der Waals surface area contributed by atoms with E-state index in [4.69, 9.17) is 11.6 Å². The number of halogens is 2. The summed E-state index contributed by atoms with van der Waals surface area (Å²) in [5.74, 6) is -1.24. The molecule has 0 radical (unpaired) electrons. The molecule has 3 rings (SSSR count). The molecular weight excluding hydrogens is 355 g/mol. The number of fused-ring (bicyclic) bond motifs is 1. The monoisotopic (exact) mass is 362 g/mol. The SMILES string of the molecule is O=C(Nc1ccc(F)cc1)c1cc([N+](=O)[O-])cc2c(=O)[nH]c(Cl)nc12. The summed E-state index contributed by atoms with van der Waals surface area (Å²) in [6.45, 7) is 0. The fourth-order valence-corrected chi connectivity index (χ4v) is 2.38. The Bertz CT molecular complexity index is 1070. The van der Waals surface area contributed by atoms with Crippen LogP contribution < -0.4 is 10.9 Å². The van der Waals surface area contributed by atoms with E-state index in [1.165, 1.54) is 12.1 Å². The van der Waals surface area contributed by atoms with Gasteiger partial charge in [0.25, 0.3) is 17.2 Å². The largest absolute Gasteiger partial charge is 0.322 e. The number of carbonyl (C=O) groups is 1. The first kappa shape index (κ1) is 16.5. The maximum atomic E-state index is 12.9. The van der Waals surface area contributed by atoms with E-state index in [0.29, 0.717) is 0 Å². The zero-order valence-electron chi connectivity index (χ0n) is 12.2. The molecule has 1 heterocycles. The number of hydrogen-bond acceptors (Lipinski definition) is 5. The van der Waals surface area contributed by atoms with Gasteiger partial charge in [-0.15, -0.1) is 0 Å². The highest BCUT2D eigenvalue weighted by molar-refractivity contribution is 6.28. The number of amides is 1. The zero-order chi connectivity index (χ0) is 18.1. The van der Waals surface area contributed by atoms with Gasteiger partial charge in [-0.25, -0.2) is 9.37 Å². The second-order valence-electron chi connectivity index (χ2n) is 4.96. The van der Waals surface area contributed by atoms with Crippen LogP contribution in [0.3, 0.4) is 0 Å². The predicted octanol–water partition coefficient (Wildman–Crippen LogP) is 2.88. The Kier molecular flexibility index (Phi) is 4.15. The number of nitrogens with zero attached hydrogens (tertiary/aromatic N) is 2. The first-order valence-electron chi connectivity index (χ1n) is 6.80. The van der Waals surface area contributed by atoms with E-state index in [2.05, 4.69) is 15.3 Å². The smallest absolute Gasteiger partial charge is 0.271 e.